The third kappa shape index (κ3) is 3.23. The second kappa shape index (κ2) is 5.57. The number of carbonyl (C=O) groups excluding carboxylic acids is 1. The fourth-order valence-corrected chi connectivity index (χ4v) is 3.49. The van der Waals surface area contributed by atoms with Crippen LogP contribution in [-0.4, -0.2) is 29.2 Å². The molecule has 2 rings (SSSR count). The van der Waals surface area contributed by atoms with E-state index in [1.807, 2.05) is 0 Å². The van der Waals surface area contributed by atoms with Gasteiger partial charge in [0.2, 0.25) is 5.91 Å². The first-order valence-corrected chi connectivity index (χ1v) is 7.26. The maximum atomic E-state index is 12.0. The number of hydrogen-bond acceptors (Lipinski definition) is 3. The molecule has 2 saturated carbocycles. The Morgan fingerprint density at radius 2 is 2.17 bits per heavy atom. The molecule has 4 heteroatoms. The molecule has 2 fully saturated rings. The average molecular weight is 254 g/mol. The van der Waals surface area contributed by atoms with E-state index in [0.29, 0.717) is 12.5 Å². The van der Waals surface area contributed by atoms with Gasteiger partial charge in [-0.2, -0.15) is 0 Å². The molecule has 0 saturated heterocycles. The molecule has 0 radical (unpaired) electrons. The Hall–Kier alpha value is -0.610. The van der Waals surface area contributed by atoms with E-state index in [4.69, 9.17) is 5.73 Å². The summed E-state index contributed by atoms with van der Waals surface area (Å²) in [4.78, 5) is 12.0. The fourth-order valence-electron chi connectivity index (χ4n) is 3.49. The third-order valence-corrected chi connectivity index (χ3v) is 4.57. The first-order chi connectivity index (χ1) is 8.50. The van der Waals surface area contributed by atoms with Crippen LogP contribution in [-0.2, 0) is 4.79 Å². The fraction of sp³-hybridized carbons (Fsp3) is 0.929. The molecule has 4 nitrogen and oxygen atoms in total. The van der Waals surface area contributed by atoms with Gasteiger partial charge in [0, 0.05) is 12.6 Å². The quantitative estimate of drug-likeness (QED) is 0.707. The van der Waals surface area contributed by atoms with Crippen molar-refractivity contribution in [1.29, 1.82) is 0 Å². The first-order valence-electron chi connectivity index (χ1n) is 7.26. The monoisotopic (exact) mass is 254 g/mol. The van der Waals surface area contributed by atoms with Crippen LogP contribution in [0.1, 0.15) is 51.9 Å². The van der Waals surface area contributed by atoms with Gasteiger partial charge in [0.05, 0.1) is 11.5 Å². The summed E-state index contributed by atoms with van der Waals surface area (Å²) in [6.45, 7) is 2.55. The molecule has 4 atom stereocenters. The number of nitrogens with one attached hydrogen (secondary N) is 1. The van der Waals surface area contributed by atoms with E-state index in [9.17, 15) is 9.90 Å². The van der Waals surface area contributed by atoms with E-state index in [0.717, 1.165) is 38.5 Å². The zero-order chi connectivity index (χ0) is 13.2. The van der Waals surface area contributed by atoms with Crippen LogP contribution in [0.2, 0.25) is 0 Å². The molecule has 104 valence electrons. The van der Waals surface area contributed by atoms with Crippen LogP contribution in [0.4, 0.5) is 0 Å². The average Bonchev–Trinajstić information content (AvgIpc) is 2.72. The highest BCUT2D eigenvalue weighted by Gasteiger charge is 2.35. The number of amides is 1. The minimum Gasteiger partial charge on any atom is -0.388 e. The highest BCUT2D eigenvalue weighted by molar-refractivity contribution is 5.79. The van der Waals surface area contributed by atoms with Crippen LogP contribution in [0.3, 0.4) is 0 Å². The van der Waals surface area contributed by atoms with Crippen molar-refractivity contribution in [2.45, 2.75) is 63.5 Å². The normalized spacial score (nSPS) is 40.7. The van der Waals surface area contributed by atoms with Gasteiger partial charge >= 0.3 is 0 Å². The van der Waals surface area contributed by atoms with Gasteiger partial charge in [0.1, 0.15) is 0 Å². The first kappa shape index (κ1) is 13.8. The largest absolute Gasteiger partial charge is 0.388 e. The summed E-state index contributed by atoms with van der Waals surface area (Å²) in [5.74, 6) is 0.538. The van der Waals surface area contributed by atoms with E-state index < -0.39 is 5.60 Å². The van der Waals surface area contributed by atoms with Gasteiger partial charge in [-0.25, -0.2) is 0 Å². The predicted octanol–water partition coefficient (Wildman–Crippen LogP) is 1.17. The van der Waals surface area contributed by atoms with Gasteiger partial charge in [0.25, 0.3) is 0 Å². The van der Waals surface area contributed by atoms with Crippen molar-refractivity contribution in [2.24, 2.45) is 17.6 Å². The van der Waals surface area contributed by atoms with Crippen LogP contribution < -0.4 is 11.1 Å². The van der Waals surface area contributed by atoms with Crippen molar-refractivity contribution in [2.75, 3.05) is 6.54 Å². The molecule has 0 bridgehead atoms. The minimum atomic E-state index is -0.698. The molecule has 0 aliphatic heterocycles. The molecule has 4 N–H and O–H groups in total. The summed E-state index contributed by atoms with van der Waals surface area (Å²) < 4.78 is 0. The molecule has 0 aromatic carbocycles. The zero-order valence-corrected chi connectivity index (χ0v) is 11.3. The summed E-state index contributed by atoms with van der Waals surface area (Å²) in [5.41, 5.74) is 5.22. The lowest BCUT2D eigenvalue weighted by atomic mass is 9.79. The third-order valence-electron chi connectivity index (χ3n) is 4.57. The van der Waals surface area contributed by atoms with Crippen molar-refractivity contribution in [3.63, 3.8) is 0 Å². The smallest absolute Gasteiger partial charge is 0.224 e. The molecule has 18 heavy (non-hydrogen) atoms. The number of carbonyl (C=O) groups is 1. The van der Waals surface area contributed by atoms with Gasteiger partial charge in [-0.15, -0.1) is 0 Å². The van der Waals surface area contributed by atoms with Crippen molar-refractivity contribution in [1.82, 2.24) is 5.32 Å². The Kier molecular flexibility index (Phi) is 4.28. The summed E-state index contributed by atoms with van der Waals surface area (Å²) in [7, 11) is 0. The van der Waals surface area contributed by atoms with Crippen molar-refractivity contribution >= 4 is 5.91 Å². The number of rotatable bonds is 3. The molecule has 0 heterocycles. The van der Waals surface area contributed by atoms with Crippen LogP contribution >= 0.6 is 0 Å². The zero-order valence-electron chi connectivity index (χ0n) is 11.3. The second-order valence-electron chi connectivity index (χ2n) is 6.34. The molecule has 2 aliphatic carbocycles. The van der Waals surface area contributed by atoms with Crippen molar-refractivity contribution in [3.05, 3.63) is 0 Å². The number of nitrogens with two attached hydrogens (primary N) is 1. The highest BCUT2D eigenvalue weighted by Crippen LogP contribution is 2.32. The molecular weight excluding hydrogens is 228 g/mol. The van der Waals surface area contributed by atoms with E-state index in [1.165, 1.54) is 6.42 Å². The van der Waals surface area contributed by atoms with Crippen LogP contribution in [0, 0.1) is 11.8 Å². The maximum absolute atomic E-state index is 12.0. The molecule has 4 unspecified atom stereocenters. The predicted molar refractivity (Wildman–Crippen MR) is 70.9 cm³/mol. The molecule has 0 aromatic heterocycles. The van der Waals surface area contributed by atoms with E-state index >= 15 is 0 Å². The summed E-state index contributed by atoms with van der Waals surface area (Å²) in [6, 6.07) is 0.00456. The van der Waals surface area contributed by atoms with Crippen LogP contribution in [0.15, 0.2) is 0 Å². The lowest BCUT2D eigenvalue weighted by Crippen LogP contribution is -2.48. The van der Waals surface area contributed by atoms with Crippen LogP contribution in [0.5, 0.6) is 0 Å². The molecule has 1 amide bonds. The van der Waals surface area contributed by atoms with Gasteiger partial charge in [0.15, 0.2) is 0 Å². The Bertz CT molecular complexity index is 308. The Morgan fingerprint density at radius 3 is 2.78 bits per heavy atom. The Labute approximate surface area is 109 Å². The SMILES string of the molecule is CC1CCCC(O)(CNC(=O)C2CCCC2N)C1. The maximum Gasteiger partial charge on any atom is 0.224 e. The Morgan fingerprint density at radius 1 is 1.39 bits per heavy atom. The molecule has 0 spiro atoms. The summed E-state index contributed by atoms with van der Waals surface area (Å²) >= 11 is 0. The van der Waals surface area contributed by atoms with Gasteiger partial charge in [-0.1, -0.05) is 26.2 Å². The minimum absolute atomic E-state index is 0.00456. The van der Waals surface area contributed by atoms with E-state index in [1.54, 1.807) is 0 Å². The second-order valence-corrected chi connectivity index (χ2v) is 6.34. The van der Waals surface area contributed by atoms with Gasteiger partial charge < -0.3 is 16.2 Å². The standard InChI is InChI=1S/C14H26N2O2/c1-10-4-3-7-14(18,8-10)9-16-13(17)11-5-2-6-12(11)15/h10-12,18H,2-9,15H2,1H3,(H,16,17). The number of aliphatic hydroxyl groups is 1. The molecule has 0 aromatic rings. The van der Waals surface area contributed by atoms with E-state index in [-0.39, 0.29) is 17.9 Å². The number of hydrogen-bond donors (Lipinski definition) is 3. The van der Waals surface area contributed by atoms with E-state index in [2.05, 4.69) is 12.2 Å². The van der Waals surface area contributed by atoms with Crippen molar-refractivity contribution in [3.8, 4) is 0 Å². The topological polar surface area (TPSA) is 75.3 Å². The lowest BCUT2D eigenvalue weighted by Gasteiger charge is -2.36. The lowest BCUT2D eigenvalue weighted by molar-refractivity contribution is -0.127. The molecular formula is C14H26N2O2. The molecule has 2 aliphatic rings. The summed E-state index contributed by atoms with van der Waals surface area (Å²) in [6.07, 6.45) is 6.71. The van der Waals surface area contributed by atoms with Gasteiger partial charge in [-0.05, 0) is 31.6 Å². The highest BCUT2D eigenvalue weighted by atomic mass is 16.3. The summed E-state index contributed by atoms with van der Waals surface area (Å²) in [5, 5.41) is 13.4. The Balaban J connectivity index is 1.81. The van der Waals surface area contributed by atoms with Gasteiger partial charge in [-0.3, -0.25) is 4.79 Å². The van der Waals surface area contributed by atoms with Crippen molar-refractivity contribution < 1.29 is 9.90 Å². The van der Waals surface area contributed by atoms with Crippen LogP contribution in [0.25, 0.3) is 0 Å².